The van der Waals surface area contributed by atoms with E-state index in [9.17, 15) is 0 Å². The Morgan fingerprint density at radius 1 is 1.42 bits per heavy atom. The van der Waals surface area contributed by atoms with E-state index in [4.69, 9.17) is 4.74 Å². The van der Waals surface area contributed by atoms with E-state index in [1.54, 1.807) is 13.3 Å². The molecule has 2 heterocycles. The van der Waals surface area contributed by atoms with Crippen molar-refractivity contribution in [3.8, 4) is 0 Å². The van der Waals surface area contributed by atoms with Crippen molar-refractivity contribution in [2.75, 3.05) is 19.0 Å². The van der Waals surface area contributed by atoms with E-state index in [1.165, 1.54) is 0 Å². The number of aromatic nitrogens is 3. The van der Waals surface area contributed by atoms with Gasteiger partial charge in [0, 0.05) is 26.0 Å². The molecule has 0 aromatic carbocycles. The summed E-state index contributed by atoms with van der Waals surface area (Å²) in [5.41, 5.74) is 1.84. The van der Waals surface area contributed by atoms with Gasteiger partial charge in [-0.3, -0.25) is 0 Å². The van der Waals surface area contributed by atoms with E-state index in [-0.39, 0.29) is 5.60 Å². The van der Waals surface area contributed by atoms with Crippen LogP contribution < -0.4 is 5.32 Å². The quantitative estimate of drug-likeness (QED) is 0.900. The number of methoxy groups -OCH3 is 1. The zero-order valence-electron chi connectivity index (χ0n) is 12.3. The van der Waals surface area contributed by atoms with Crippen LogP contribution >= 0.6 is 0 Å². The van der Waals surface area contributed by atoms with E-state index in [0.29, 0.717) is 12.5 Å². The second-order valence-electron chi connectivity index (χ2n) is 5.65. The second-order valence-corrected chi connectivity index (χ2v) is 5.65. The van der Waals surface area contributed by atoms with E-state index >= 15 is 0 Å². The maximum atomic E-state index is 5.40. The Balaban J connectivity index is 2.28. The van der Waals surface area contributed by atoms with Crippen LogP contribution in [0.15, 0.2) is 18.5 Å². The zero-order valence-corrected chi connectivity index (χ0v) is 12.3. The number of hydrogen-bond acceptors (Lipinski definition) is 4. The van der Waals surface area contributed by atoms with Gasteiger partial charge in [-0.1, -0.05) is 13.8 Å². The molecule has 0 aliphatic heterocycles. The molecule has 0 atom stereocenters. The molecule has 104 valence electrons. The highest BCUT2D eigenvalue weighted by atomic mass is 16.5. The third kappa shape index (κ3) is 3.04. The fraction of sp³-hybridized carbons (Fsp3) is 0.571. The summed E-state index contributed by atoms with van der Waals surface area (Å²) in [6, 6.07) is 2.08. The lowest BCUT2D eigenvalue weighted by molar-refractivity contribution is 0.0343. The lowest BCUT2D eigenvalue weighted by atomic mass is 10.1. The van der Waals surface area contributed by atoms with Crippen LogP contribution in [0.2, 0.25) is 0 Å². The predicted octanol–water partition coefficient (Wildman–Crippen LogP) is 2.69. The lowest BCUT2D eigenvalue weighted by Gasteiger charge is -2.23. The van der Waals surface area contributed by atoms with Gasteiger partial charge in [-0.05, 0) is 25.8 Å². The van der Waals surface area contributed by atoms with Crippen molar-refractivity contribution >= 4 is 11.3 Å². The molecule has 0 unspecified atom stereocenters. The first kappa shape index (κ1) is 13.8. The summed E-state index contributed by atoms with van der Waals surface area (Å²) in [5, 5.41) is 7.88. The van der Waals surface area contributed by atoms with Gasteiger partial charge in [0.2, 0.25) is 0 Å². The third-order valence-corrected chi connectivity index (χ3v) is 3.23. The molecule has 2 rings (SSSR count). The van der Waals surface area contributed by atoms with Gasteiger partial charge < -0.3 is 10.1 Å². The zero-order chi connectivity index (χ0) is 14.0. The molecule has 0 bridgehead atoms. The molecule has 19 heavy (non-hydrogen) atoms. The molecule has 0 aliphatic rings. The van der Waals surface area contributed by atoms with Crippen LogP contribution in [0, 0.1) is 0 Å². The first-order valence-corrected chi connectivity index (χ1v) is 6.56. The summed E-state index contributed by atoms with van der Waals surface area (Å²) in [5.74, 6) is 1.25. The SMILES string of the molecule is COC(C)(C)CNc1nccn2nc(C(C)C)cc12. The van der Waals surface area contributed by atoms with Crippen LogP contribution in [0.5, 0.6) is 0 Å². The molecule has 0 saturated carbocycles. The number of anilines is 1. The Morgan fingerprint density at radius 2 is 2.16 bits per heavy atom. The van der Waals surface area contributed by atoms with Gasteiger partial charge >= 0.3 is 0 Å². The molecule has 0 radical (unpaired) electrons. The largest absolute Gasteiger partial charge is 0.377 e. The molecule has 1 N–H and O–H groups in total. The summed E-state index contributed by atoms with van der Waals surface area (Å²) in [6.45, 7) is 9.04. The second kappa shape index (κ2) is 5.17. The topological polar surface area (TPSA) is 51.5 Å². The van der Waals surface area contributed by atoms with Crippen molar-refractivity contribution in [3.63, 3.8) is 0 Å². The number of ether oxygens (including phenoxy) is 1. The Kier molecular flexibility index (Phi) is 3.75. The van der Waals surface area contributed by atoms with Crippen LogP contribution in [0.1, 0.15) is 39.3 Å². The van der Waals surface area contributed by atoms with E-state index in [0.717, 1.165) is 17.0 Å². The average molecular weight is 262 g/mol. The maximum Gasteiger partial charge on any atom is 0.152 e. The van der Waals surface area contributed by atoms with Crippen molar-refractivity contribution in [1.29, 1.82) is 0 Å². The van der Waals surface area contributed by atoms with Crippen LogP contribution in [0.25, 0.3) is 5.52 Å². The first-order chi connectivity index (χ1) is 8.93. The normalized spacial score (nSPS) is 12.3. The number of fused-ring (bicyclic) bond motifs is 1. The molecule has 0 spiro atoms. The summed E-state index contributed by atoms with van der Waals surface area (Å²) >= 11 is 0. The number of nitrogens with one attached hydrogen (secondary N) is 1. The van der Waals surface area contributed by atoms with Gasteiger partial charge in [-0.15, -0.1) is 0 Å². The fourth-order valence-corrected chi connectivity index (χ4v) is 1.73. The van der Waals surface area contributed by atoms with Gasteiger partial charge in [0.15, 0.2) is 5.82 Å². The highest BCUT2D eigenvalue weighted by molar-refractivity contribution is 5.68. The highest BCUT2D eigenvalue weighted by Crippen LogP contribution is 2.20. The molecule has 0 amide bonds. The van der Waals surface area contributed by atoms with Crippen LogP contribution in [0.3, 0.4) is 0 Å². The first-order valence-electron chi connectivity index (χ1n) is 6.56. The molecule has 5 heteroatoms. The van der Waals surface area contributed by atoms with Gasteiger partial charge in [0.05, 0.1) is 11.3 Å². The van der Waals surface area contributed by atoms with Gasteiger partial charge in [0.25, 0.3) is 0 Å². The average Bonchev–Trinajstić information content (AvgIpc) is 2.81. The van der Waals surface area contributed by atoms with Crippen molar-refractivity contribution in [2.24, 2.45) is 0 Å². The monoisotopic (exact) mass is 262 g/mol. The van der Waals surface area contributed by atoms with Crippen molar-refractivity contribution in [3.05, 3.63) is 24.2 Å². The Hall–Kier alpha value is -1.62. The van der Waals surface area contributed by atoms with Crippen molar-refractivity contribution in [2.45, 2.75) is 39.2 Å². The van der Waals surface area contributed by atoms with Crippen molar-refractivity contribution < 1.29 is 4.74 Å². The van der Waals surface area contributed by atoms with Gasteiger partial charge in [-0.25, -0.2) is 9.50 Å². The fourth-order valence-electron chi connectivity index (χ4n) is 1.73. The molecule has 0 saturated heterocycles. The lowest BCUT2D eigenvalue weighted by Crippen LogP contribution is -2.32. The Labute approximate surface area is 114 Å². The summed E-state index contributed by atoms with van der Waals surface area (Å²) in [4.78, 5) is 4.39. The molecule has 0 aliphatic carbocycles. The molecular formula is C14H22N4O. The van der Waals surface area contributed by atoms with Crippen LogP contribution in [-0.4, -0.2) is 33.9 Å². The minimum absolute atomic E-state index is 0.227. The third-order valence-electron chi connectivity index (χ3n) is 3.23. The van der Waals surface area contributed by atoms with E-state index < -0.39 is 0 Å². The highest BCUT2D eigenvalue weighted by Gasteiger charge is 2.17. The Bertz CT molecular complexity index is 560. The van der Waals surface area contributed by atoms with E-state index in [2.05, 4.69) is 35.3 Å². The number of hydrogen-bond donors (Lipinski definition) is 1. The summed E-state index contributed by atoms with van der Waals surface area (Å²) in [6.07, 6.45) is 3.63. The molecule has 0 fully saturated rings. The standard InChI is InChI=1S/C14H22N4O/c1-10(2)11-8-12-13(15-6-7-18(12)17-11)16-9-14(3,4)19-5/h6-8,10H,9H2,1-5H3,(H,15,16). The van der Waals surface area contributed by atoms with Gasteiger partial charge in [0.1, 0.15) is 5.52 Å². The summed E-state index contributed by atoms with van der Waals surface area (Å²) < 4.78 is 7.27. The van der Waals surface area contributed by atoms with E-state index in [1.807, 2.05) is 24.6 Å². The molecular weight excluding hydrogens is 240 g/mol. The molecule has 2 aromatic heterocycles. The molecule has 5 nitrogen and oxygen atoms in total. The minimum atomic E-state index is -0.227. The number of nitrogens with zero attached hydrogens (tertiary/aromatic N) is 3. The minimum Gasteiger partial charge on any atom is -0.377 e. The van der Waals surface area contributed by atoms with Crippen molar-refractivity contribution in [1.82, 2.24) is 14.6 Å². The molecule has 2 aromatic rings. The predicted molar refractivity (Wildman–Crippen MR) is 76.7 cm³/mol. The Morgan fingerprint density at radius 3 is 2.79 bits per heavy atom. The smallest absolute Gasteiger partial charge is 0.152 e. The number of rotatable bonds is 5. The summed E-state index contributed by atoms with van der Waals surface area (Å²) in [7, 11) is 1.71. The van der Waals surface area contributed by atoms with Crippen LogP contribution in [0.4, 0.5) is 5.82 Å². The van der Waals surface area contributed by atoms with Crippen LogP contribution in [-0.2, 0) is 4.74 Å². The van der Waals surface area contributed by atoms with Gasteiger partial charge in [-0.2, -0.15) is 5.10 Å². The maximum absolute atomic E-state index is 5.40.